The van der Waals surface area contributed by atoms with Crippen molar-refractivity contribution in [2.45, 2.75) is 19.9 Å². The number of carbonyl (C=O) groups excluding carboxylic acids is 3. The number of benzene rings is 2. The summed E-state index contributed by atoms with van der Waals surface area (Å²) in [6.07, 6.45) is 1.48. The average molecular weight is 501 g/mol. The molecule has 10 heteroatoms. The van der Waals surface area contributed by atoms with Crippen LogP contribution in [0.5, 0.6) is 5.75 Å². The van der Waals surface area contributed by atoms with Gasteiger partial charge in [0.1, 0.15) is 11.8 Å². The molecule has 35 heavy (non-hydrogen) atoms. The maximum Gasteiger partial charge on any atom is 0.262 e. The number of morpholine rings is 1. The van der Waals surface area contributed by atoms with E-state index in [0.717, 1.165) is 5.56 Å². The third-order valence-electron chi connectivity index (χ3n) is 5.35. The summed E-state index contributed by atoms with van der Waals surface area (Å²) in [7, 11) is 0. The lowest BCUT2D eigenvalue weighted by molar-refractivity contribution is -0.137. The second kappa shape index (κ2) is 12.9. The van der Waals surface area contributed by atoms with Crippen LogP contribution >= 0.6 is 11.6 Å². The Hall–Kier alpha value is -3.43. The van der Waals surface area contributed by atoms with E-state index in [4.69, 9.17) is 21.1 Å². The third kappa shape index (κ3) is 7.80. The van der Waals surface area contributed by atoms with Crippen molar-refractivity contribution in [1.29, 1.82) is 0 Å². The van der Waals surface area contributed by atoms with Gasteiger partial charge in [0.25, 0.3) is 17.7 Å². The van der Waals surface area contributed by atoms with Gasteiger partial charge in [-0.3, -0.25) is 14.4 Å². The highest BCUT2D eigenvalue weighted by Crippen LogP contribution is 2.16. The molecule has 0 aliphatic carbocycles. The van der Waals surface area contributed by atoms with Crippen molar-refractivity contribution in [1.82, 2.24) is 15.6 Å². The monoisotopic (exact) mass is 500 g/mol. The molecule has 0 spiro atoms. The number of hydrogen-bond acceptors (Lipinski definition) is 6. The Kier molecular flexibility index (Phi) is 9.63. The molecule has 0 bridgehead atoms. The Morgan fingerprint density at radius 2 is 1.80 bits per heavy atom. The Morgan fingerprint density at radius 3 is 2.46 bits per heavy atom. The minimum Gasteiger partial charge on any atom is -0.484 e. The minimum atomic E-state index is -0.796. The summed E-state index contributed by atoms with van der Waals surface area (Å²) in [6, 6.07) is 12.8. The minimum absolute atomic E-state index is 0.0417. The van der Waals surface area contributed by atoms with Crippen LogP contribution in [-0.4, -0.2) is 67.8 Å². The molecule has 1 unspecified atom stereocenters. The summed E-state index contributed by atoms with van der Waals surface area (Å²) < 4.78 is 10.8. The number of rotatable bonds is 9. The van der Waals surface area contributed by atoms with Crippen LogP contribution in [0.2, 0.25) is 5.02 Å². The largest absolute Gasteiger partial charge is 0.484 e. The molecule has 0 radical (unpaired) electrons. The molecule has 1 aliphatic rings. The first-order valence-corrected chi connectivity index (χ1v) is 11.7. The molecule has 2 aromatic rings. The lowest BCUT2D eigenvalue weighted by Crippen LogP contribution is -2.48. The van der Waals surface area contributed by atoms with Crippen LogP contribution in [0.25, 0.3) is 0 Å². The maximum atomic E-state index is 12.6. The zero-order valence-corrected chi connectivity index (χ0v) is 20.5. The predicted octanol–water partition coefficient (Wildman–Crippen LogP) is 2.48. The first-order chi connectivity index (χ1) is 16.8. The molecule has 0 aromatic heterocycles. The highest BCUT2D eigenvalue weighted by atomic mass is 35.5. The van der Waals surface area contributed by atoms with Crippen molar-refractivity contribution in [2.24, 2.45) is 11.0 Å². The smallest absolute Gasteiger partial charge is 0.262 e. The third-order valence-corrected chi connectivity index (χ3v) is 5.68. The van der Waals surface area contributed by atoms with E-state index in [1.54, 1.807) is 53.4 Å². The molecule has 1 aliphatic heterocycles. The van der Waals surface area contributed by atoms with E-state index >= 15 is 0 Å². The summed E-state index contributed by atoms with van der Waals surface area (Å²) in [5, 5.41) is 7.01. The number of carbonyl (C=O) groups is 3. The molecule has 1 fully saturated rings. The Labute approximate surface area is 209 Å². The van der Waals surface area contributed by atoms with Gasteiger partial charge in [0.2, 0.25) is 0 Å². The Bertz CT molecular complexity index is 1050. The van der Waals surface area contributed by atoms with Crippen LogP contribution in [0.4, 0.5) is 0 Å². The lowest BCUT2D eigenvalue weighted by atomic mass is 10.0. The molecular weight excluding hydrogens is 472 g/mol. The second-order valence-electron chi connectivity index (χ2n) is 8.26. The van der Waals surface area contributed by atoms with E-state index in [0.29, 0.717) is 42.6 Å². The summed E-state index contributed by atoms with van der Waals surface area (Å²) >= 11 is 6.08. The van der Waals surface area contributed by atoms with E-state index in [9.17, 15) is 14.4 Å². The number of nitrogens with one attached hydrogen (secondary N) is 2. The maximum absolute atomic E-state index is 12.6. The topological polar surface area (TPSA) is 109 Å². The number of hydrogen-bond donors (Lipinski definition) is 2. The van der Waals surface area contributed by atoms with Gasteiger partial charge >= 0.3 is 0 Å². The summed E-state index contributed by atoms with van der Waals surface area (Å²) in [4.78, 5) is 39.0. The number of nitrogens with zero attached hydrogens (tertiary/aromatic N) is 2. The highest BCUT2D eigenvalue weighted by Gasteiger charge is 2.25. The quantitative estimate of drug-likeness (QED) is 0.406. The van der Waals surface area contributed by atoms with Crippen molar-refractivity contribution in [3.63, 3.8) is 0 Å². The number of amides is 3. The normalized spacial score (nSPS) is 14.6. The molecule has 0 saturated carbocycles. The van der Waals surface area contributed by atoms with E-state index in [1.165, 1.54) is 6.21 Å². The molecule has 186 valence electrons. The number of halogens is 1. The van der Waals surface area contributed by atoms with Crippen molar-refractivity contribution in [3.8, 4) is 5.75 Å². The molecule has 2 aromatic carbocycles. The first-order valence-electron chi connectivity index (χ1n) is 11.3. The molecule has 1 atom stereocenters. The van der Waals surface area contributed by atoms with E-state index in [-0.39, 0.29) is 18.4 Å². The standard InChI is InChI=1S/C25H29ClN4O5/c1-17(2)23(28-24(32)20-5-3-4-6-21(20)26)25(33)29-27-15-18-7-9-19(10-8-18)35-16-22(31)30-11-13-34-14-12-30/h3-10,15,17,23H,11-14,16H2,1-2H3,(H,28,32)(H,29,33). The van der Waals surface area contributed by atoms with Gasteiger partial charge in [0.15, 0.2) is 6.61 Å². The fourth-order valence-electron chi connectivity index (χ4n) is 3.34. The van der Waals surface area contributed by atoms with Gasteiger partial charge in [-0.25, -0.2) is 5.43 Å². The van der Waals surface area contributed by atoms with Crippen LogP contribution in [0.1, 0.15) is 29.8 Å². The highest BCUT2D eigenvalue weighted by molar-refractivity contribution is 6.33. The fourth-order valence-corrected chi connectivity index (χ4v) is 3.56. The zero-order chi connectivity index (χ0) is 25.2. The zero-order valence-electron chi connectivity index (χ0n) is 19.7. The summed E-state index contributed by atoms with van der Waals surface area (Å²) in [5.41, 5.74) is 3.48. The van der Waals surface area contributed by atoms with Gasteiger partial charge in [-0.05, 0) is 47.9 Å². The van der Waals surface area contributed by atoms with Crippen LogP contribution < -0.4 is 15.5 Å². The van der Waals surface area contributed by atoms with Gasteiger partial charge < -0.3 is 19.7 Å². The van der Waals surface area contributed by atoms with E-state index < -0.39 is 17.9 Å². The predicted molar refractivity (Wildman–Crippen MR) is 133 cm³/mol. The van der Waals surface area contributed by atoms with Crippen LogP contribution in [0.3, 0.4) is 0 Å². The molecule has 3 rings (SSSR count). The summed E-state index contributed by atoms with van der Waals surface area (Å²) in [5.74, 6) is -0.583. The lowest BCUT2D eigenvalue weighted by Gasteiger charge is -2.26. The second-order valence-corrected chi connectivity index (χ2v) is 8.67. The average Bonchev–Trinajstić information content (AvgIpc) is 2.87. The Morgan fingerprint density at radius 1 is 1.11 bits per heavy atom. The van der Waals surface area contributed by atoms with Gasteiger partial charge in [-0.1, -0.05) is 37.6 Å². The van der Waals surface area contributed by atoms with Crippen molar-refractivity contribution < 1.29 is 23.9 Å². The molecule has 1 saturated heterocycles. The molecule has 1 heterocycles. The molecule has 3 amide bonds. The van der Waals surface area contributed by atoms with E-state index in [1.807, 2.05) is 13.8 Å². The molecule has 9 nitrogen and oxygen atoms in total. The van der Waals surface area contributed by atoms with Crippen molar-refractivity contribution in [3.05, 3.63) is 64.7 Å². The molecule has 2 N–H and O–H groups in total. The Balaban J connectivity index is 1.49. The van der Waals surface area contributed by atoms with Gasteiger partial charge in [-0.2, -0.15) is 5.10 Å². The number of ether oxygens (including phenoxy) is 2. The van der Waals surface area contributed by atoms with Crippen LogP contribution in [0.15, 0.2) is 53.6 Å². The summed E-state index contributed by atoms with van der Waals surface area (Å²) in [6.45, 7) is 5.84. The van der Waals surface area contributed by atoms with Crippen LogP contribution in [-0.2, 0) is 14.3 Å². The van der Waals surface area contributed by atoms with Gasteiger partial charge in [0.05, 0.1) is 30.0 Å². The number of hydrazone groups is 1. The van der Waals surface area contributed by atoms with Gasteiger partial charge in [0, 0.05) is 13.1 Å². The van der Waals surface area contributed by atoms with Crippen molar-refractivity contribution in [2.75, 3.05) is 32.9 Å². The molecular formula is C25H29ClN4O5. The van der Waals surface area contributed by atoms with Gasteiger partial charge in [-0.15, -0.1) is 0 Å². The van der Waals surface area contributed by atoms with Crippen LogP contribution in [0, 0.1) is 5.92 Å². The van der Waals surface area contributed by atoms with E-state index in [2.05, 4.69) is 15.8 Å². The first kappa shape index (κ1) is 26.2. The fraction of sp³-hybridized carbons (Fsp3) is 0.360. The van der Waals surface area contributed by atoms with Crippen molar-refractivity contribution >= 4 is 35.5 Å². The SMILES string of the molecule is CC(C)C(NC(=O)c1ccccc1Cl)C(=O)NN=Cc1ccc(OCC(=O)N2CCOCC2)cc1.